The van der Waals surface area contributed by atoms with Crippen LogP contribution in [0.4, 0.5) is 11.4 Å². The van der Waals surface area contributed by atoms with Crippen molar-refractivity contribution >= 4 is 33.2 Å². The van der Waals surface area contributed by atoms with E-state index >= 15 is 0 Å². The van der Waals surface area contributed by atoms with Crippen LogP contribution in [-0.2, 0) is 14.8 Å². The summed E-state index contributed by atoms with van der Waals surface area (Å²) in [7, 11) is 0.964. The van der Waals surface area contributed by atoms with E-state index in [4.69, 9.17) is 4.74 Å². The van der Waals surface area contributed by atoms with Gasteiger partial charge in [0.2, 0.25) is 10.0 Å². The molecule has 0 unspecified atom stereocenters. The number of carbonyl (C=O) groups excluding carboxylic acids is 2. The Bertz CT molecular complexity index is 1320. The van der Waals surface area contributed by atoms with Gasteiger partial charge in [0.25, 0.3) is 11.8 Å². The van der Waals surface area contributed by atoms with Gasteiger partial charge >= 0.3 is 0 Å². The Morgan fingerprint density at radius 3 is 2.11 bits per heavy atom. The zero-order chi connectivity index (χ0) is 25.8. The largest absolute Gasteiger partial charge is 0.484 e. The Morgan fingerprint density at radius 1 is 0.886 bits per heavy atom. The Labute approximate surface area is 206 Å². The van der Waals surface area contributed by atoms with Crippen molar-refractivity contribution in [2.24, 2.45) is 0 Å². The van der Waals surface area contributed by atoms with Crippen molar-refractivity contribution in [3.63, 3.8) is 0 Å². The van der Waals surface area contributed by atoms with E-state index in [1.54, 1.807) is 62.5 Å². The topological polar surface area (TPSA) is 96.0 Å². The van der Waals surface area contributed by atoms with Crippen molar-refractivity contribution in [2.45, 2.75) is 18.7 Å². The summed E-state index contributed by atoms with van der Waals surface area (Å²) >= 11 is 0. The molecular weight excluding hydrogens is 466 g/mol. The second-order valence-corrected chi connectivity index (χ2v) is 10.4. The number of nitrogens with zero attached hydrogens (tertiary/aromatic N) is 2. The van der Waals surface area contributed by atoms with Gasteiger partial charge in [-0.1, -0.05) is 23.8 Å². The quantitative estimate of drug-likeness (QED) is 0.512. The second-order valence-electron chi connectivity index (χ2n) is 8.33. The minimum atomic E-state index is -3.64. The molecule has 1 N–H and O–H groups in total. The first kappa shape index (κ1) is 25.9. The molecule has 184 valence electrons. The first-order valence-electron chi connectivity index (χ1n) is 10.9. The number of hydrogen-bond acceptors (Lipinski definition) is 5. The van der Waals surface area contributed by atoms with Crippen LogP contribution >= 0.6 is 0 Å². The number of sulfonamides is 1. The molecule has 3 aromatic carbocycles. The molecule has 0 aliphatic heterocycles. The number of aryl methyl sites for hydroxylation is 2. The Hall–Kier alpha value is -3.69. The van der Waals surface area contributed by atoms with Gasteiger partial charge in [-0.3, -0.25) is 9.59 Å². The van der Waals surface area contributed by atoms with Crippen molar-refractivity contribution in [1.29, 1.82) is 0 Å². The maximum absolute atomic E-state index is 12.7. The fourth-order valence-corrected chi connectivity index (χ4v) is 4.42. The molecule has 8 nitrogen and oxygen atoms in total. The zero-order valence-electron chi connectivity index (χ0n) is 20.4. The molecular formula is C26H29N3O5S. The van der Waals surface area contributed by atoms with Crippen LogP contribution in [0.1, 0.15) is 21.5 Å². The fourth-order valence-electron chi connectivity index (χ4n) is 3.27. The molecule has 9 heteroatoms. The highest BCUT2D eigenvalue weighted by molar-refractivity contribution is 7.89. The first-order chi connectivity index (χ1) is 16.5. The van der Waals surface area contributed by atoms with Gasteiger partial charge in [0.05, 0.1) is 4.90 Å². The molecule has 0 fully saturated rings. The molecule has 3 rings (SSSR count). The Kier molecular flexibility index (Phi) is 7.93. The summed E-state index contributed by atoms with van der Waals surface area (Å²) in [6.07, 6.45) is 0. The van der Waals surface area contributed by atoms with Crippen LogP contribution in [0.25, 0.3) is 0 Å². The fraction of sp³-hybridized carbons (Fsp3) is 0.231. The standard InChI is InChI=1S/C26H29N3O5S/c1-18-6-9-20(10-7-18)26(31)29(5)22-12-14-23(15-13-22)34-17-25(30)27-21-11-8-19(2)24(16-21)35(32,33)28(3)4/h6-16H,17H2,1-5H3,(H,27,30). The highest BCUT2D eigenvalue weighted by Gasteiger charge is 2.20. The van der Waals surface area contributed by atoms with Crippen LogP contribution in [0.5, 0.6) is 5.75 Å². The molecule has 0 aliphatic carbocycles. The molecule has 0 heterocycles. The van der Waals surface area contributed by atoms with E-state index in [2.05, 4.69) is 5.32 Å². The van der Waals surface area contributed by atoms with E-state index < -0.39 is 15.9 Å². The van der Waals surface area contributed by atoms with Crippen molar-refractivity contribution < 1.29 is 22.7 Å². The van der Waals surface area contributed by atoms with Gasteiger partial charge in [0.15, 0.2) is 6.61 Å². The molecule has 3 aromatic rings. The average molecular weight is 496 g/mol. The van der Waals surface area contributed by atoms with Gasteiger partial charge in [0.1, 0.15) is 5.75 Å². The van der Waals surface area contributed by atoms with Gasteiger partial charge in [-0.2, -0.15) is 0 Å². The van der Waals surface area contributed by atoms with Crippen LogP contribution in [0.3, 0.4) is 0 Å². The predicted molar refractivity (Wildman–Crippen MR) is 137 cm³/mol. The summed E-state index contributed by atoms with van der Waals surface area (Å²) in [5, 5.41) is 2.66. The first-order valence-corrected chi connectivity index (χ1v) is 12.3. The van der Waals surface area contributed by atoms with Crippen LogP contribution in [0, 0.1) is 13.8 Å². The summed E-state index contributed by atoms with van der Waals surface area (Å²) in [5.41, 5.74) is 3.29. The summed E-state index contributed by atoms with van der Waals surface area (Å²) in [6, 6.07) is 18.9. The lowest BCUT2D eigenvalue weighted by Gasteiger charge is -2.18. The molecule has 0 spiro atoms. The van der Waals surface area contributed by atoms with Crippen molar-refractivity contribution in [3.8, 4) is 5.75 Å². The van der Waals surface area contributed by atoms with Crippen molar-refractivity contribution in [1.82, 2.24) is 4.31 Å². The molecule has 0 aliphatic rings. The number of benzene rings is 3. The maximum Gasteiger partial charge on any atom is 0.262 e. The predicted octanol–water partition coefficient (Wildman–Crippen LogP) is 3.85. The minimum absolute atomic E-state index is 0.126. The van der Waals surface area contributed by atoms with Crippen LogP contribution < -0.4 is 15.0 Å². The van der Waals surface area contributed by atoms with Gasteiger partial charge in [-0.15, -0.1) is 0 Å². The number of carbonyl (C=O) groups is 2. The van der Waals surface area contributed by atoms with Gasteiger partial charge in [0, 0.05) is 38.1 Å². The van der Waals surface area contributed by atoms with E-state index in [9.17, 15) is 18.0 Å². The maximum atomic E-state index is 12.7. The lowest BCUT2D eigenvalue weighted by atomic mass is 10.1. The van der Waals surface area contributed by atoms with Crippen molar-refractivity contribution in [2.75, 3.05) is 38.0 Å². The third kappa shape index (κ3) is 6.26. The minimum Gasteiger partial charge on any atom is -0.484 e. The summed E-state index contributed by atoms with van der Waals surface area (Å²) in [4.78, 5) is 26.7. The Morgan fingerprint density at radius 2 is 1.51 bits per heavy atom. The number of amides is 2. The molecule has 0 atom stereocenters. The van der Waals surface area contributed by atoms with E-state index in [0.29, 0.717) is 28.3 Å². The summed E-state index contributed by atoms with van der Waals surface area (Å²) in [6.45, 7) is 3.40. The van der Waals surface area contributed by atoms with Gasteiger partial charge < -0.3 is 15.0 Å². The number of anilines is 2. The highest BCUT2D eigenvalue weighted by Crippen LogP contribution is 2.23. The Balaban J connectivity index is 1.60. The number of ether oxygens (including phenoxy) is 1. The van der Waals surface area contributed by atoms with Crippen LogP contribution in [-0.4, -0.2) is 52.3 Å². The van der Waals surface area contributed by atoms with Crippen molar-refractivity contribution in [3.05, 3.63) is 83.4 Å². The third-order valence-corrected chi connectivity index (χ3v) is 7.38. The number of hydrogen-bond donors (Lipinski definition) is 1. The summed E-state index contributed by atoms with van der Waals surface area (Å²) in [5.74, 6) is -0.107. The molecule has 0 aromatic heterocycles. The zero-order valence-corrected chi connectivity index (χ0v) is 21.2. The highest BCUT2D eigenvalue weighted by atomic mass is 32.2. The average Bonchev–Trinajstić information content (AvgIpc) is 2.83. The number of rotatable bonds is 8. The smallest absolute Gasteiger partial charge is 0.262 e. The van der Waals surface area contributed by atoms with Gasteiger partial charge in [-0.05, 0) is 67.9 Å². The van der Waals surface area contributed by atoms with E-state index in [-0.39, 0.29) is 17.4 Å². The van der Waals surface area contributed by atoms with Gasteiger partial charge in [-0.25, -0.2) is 12.7 Å². The normalized spacial score (nSPS) is 11.3. The molecule has 2 amide bonds. The third-order valence-electron chi connectivity index (χ3n) is 5.43. The summed E-state index contributed by atoms with van der Waals surface area (Å²) < 4.78 is 31.6. The lowest BCUT2D eigenvalue weighted by molar-refractivity contribution is -0.118. The van der Waals surface area contributed by atoms with Crippen LogP contribution in [0.15, 0.2) is 71.6 Å². The molecule has 0 saturated carbocycles. The monoisotopic (exact) mass is 495 g/mol. The second kappa shape index (κ2) is 10.7. The molecule has 35 heavy (non-hydrogen) atoms. The number of nitrogens with one attached hydrogen (secondary N) is 1. The molecule has 0 radical (unpaired) electrons. The lowest BCUT2D eigenvalue weighted by Crippen LogP contribution is -2.26. The van der Waals surface area contributed by atoms with E-state index in [0.717, 1.165) is 9.87 Å². The van der Waals surface area contributed by atoms with E-state index in [1.165, 1.54) is 25.1 Å². The molecule has 0 saturated heterocycles. The van der Waals surface area contributed by atoms with E-state index in [1.807, 2.05) is 19.1 Å². The van der Waals surface area contributed by atoms with Crippen LogP contribution in [0.2, 0.25) is 0 Å². The SMILES string of the molecule is Cc1ccc(C(=O)N(C)c2ccc(OCC(=O)Nc3ccc(C)c(S(=O)(=O)N(C)C)c3)cc2)cc1. The molecule has 0 bridgehead atoms.